The second-order valence-corrected chi connectivity index (χ2v) is 4.61. The number of H-pyrrole nitrogens is 1. The van der Waals surface area contributed by atoms with E-state index < -0.39 is 0 Å². The third-order valence-corrected chi connectivity index (χ3v) is 3.25. The van der Waals surface area contributed by atoms with E-state index in [1.165, 1.54) is 23.5 Å². The summed E-state index contributed by atoms with van der Waals surface area (Å²) in [5.74, 6) is -0.0662. The topological polar surface area (TPSA) is 78.0 Å². The number of nitrogens with zero attached hydrogens (tertiary/aromatic N) is 1. The van der Waals surface area contributed by atoms with Gasteiger partial charge < -0.3 is 15.4 Å². The molecule has 0 aliphatic rings. The van der Waals surface area contributed by atoms with Crippen LogP contribution in [0, 0.1) is 0 Å². The summed E-state index contributed by atoms with van der Waals surface area (Å²) >= 11 is 1.45. The van der Waals surface area contributed by atoms with Crippen LogP contribution in [-0.4, -0.2) is 21.0 Å². The number of fused-ring (bicyclic) bond motifs is 1. The molecule has 0 saturated heterocycles. The molecule has 0 spiro atoms. The Hall–Kier alpha value is -2.34. The fourth-order valence-electron chi connectivity index (χ4n) is 1.61. The van der Waals surface area contributed by atoms with E-state index in [1.807, 2.05) is 0 Å². The van der Waals surface area contributed by atoms with Crippen molar-refractivity contribution in [2.45, 2.75) is 0 Å². The van der Waals surface area contributed by atoms with Gasteiger partial charge in [0, 0.05) is 5.69 Å². The standard InChI is InChI=1S/C12H9N3O2S/c16-8-3-1-7(2-4-8)14-11(17)9-5-10-12(15-9)18-6-13-10/h1-6,15-16H,(H,14,17). The molecular formula is C12H9N3O2S. The minimum atomic E-state index is -0.231. The third kappa shape index (κ3) is 1.93. The minimum absolute atomic E-state index is 0.164. The fraction of sp³-hybridized carbons (Fsp3) is 0. The minimum Gasteiger partial charge on any atom is -0.508 e. The molecule has 18 heavy (non-hydrogen) atoms. The molecule has 0 aliphatic carbocycles. The zero-order valence-electron chi connectivity index (χ0n) is 9.18. The summed E-state index contributed by atoms with van der Waals surface area (Å²) in [4.78, 5) is 19.9. The maximum Gasteiger partial charge on any atom is 0.272 e. The Balaban J connectivity index is 1.82. The SMILES string of the molecule is O=C(Nc1ccc(O)cc1)c1cc2ncsc2[nH]1. The smallest absolute Gasteiger partial charge is 0.272 e. The molecule has 1 amide bonds. The Bertz CT molecular complexity index is 671. The summed E-state index contributed by atoms with van der Waals surface area (Å²) in [5.41, 5.74) is 3.61. The lowest BCUT2D eigenvalue weighted by molar-refractivity contribution is 0.102. The number of amides is 1. The van der Waals surface area contributed by atoms with Crippen molar-refractivity contribution < 1.29 is 9.90 Å². The number of aromatic nitrogens is 2. The average Bonchev–Trinajstić information content (AvgIpc) is 2.92. The lowest BCUT2D eigenvalue weighted by Crippen LogP contribution is -2.11. The van der Waals surface area contributed by atoms with E-state index in [2.05, 4.69) is 15.3 Å². The summed E-state index contributed by atoms with van der Waals surface area (Å²) in [5, 5.41) is 11.9. The molecule has 90 valence electrons. The zero-order chi connectivity index (χ0) is 12.5. The number of phenolic OH excluding ortho intramolecular Hbond substituents is 1. The van der Waals surface area contributed by atoms with Crippen molar-refractivity contribution >= 4 is 33.3 Å². The van der Waals surface area contributed by atoms with Gasteiger partial charge in [-0.3, -0.25) is 4.79 Å². The molecule has 2 heterocycles. The van der Waals surface area contributed by atoms with Crippen molar-refractivity contribution in [3.8, 4) is 5.75 Å². The number of hydrogen-bond donors (Lipinski definition) is 3. The molecule has 3 rings (SSSR count). The van der Waals surface area contributed by atoms with Crippen molar-refractivity contribution in [2.24, 2.45) is 0 Å². The number of thiazole rings is 1. The molecule has 6 heteroatoms. The second-order valence-electron chi connectivity index (χ2n) is 3.75. The molecule has 5 nitrogen and oxygen atoms in total. The lowest BCUT2D eigenvalue weighted by atomic mass is 10.3. The Labute approximate surface area is 106 Å². The van der Waals surface area contributed by atoms with Crippen LogP contribution in [0.25, 0.3) is 10.3 Å². The Morgan fingerprint density at radius 2 is 2.11 bits per heavy atom. The van der Waals surface area contributed by atoms with Gasteiger partial charge in [0.1, 0.15) is 21.8 Å². The van der Waals surface area contributed by atoms with Gasteiger partial charge in [0.05, 0.1) is 5.51 Å². The monoisotopic (exact) mass is 259 g/mol. The number of aromatic hydroxyl groups is 1. The van der Waals surface area contributed by atoms with Crippen molar-refractivity contribution in [3.05, 3.63) is 41.5 Å². The van der Waals surface area contributed by atoms with Crippen LogP contribution in [0.2, 0.25) is 0 Å². The number of phenols is 1. The number of carbonyl (C=O) groups is 1. The van der Waals surface area contributed by atoms with Gasteiger partial charge in [0.25, 0.3) is 5.91 Å². The van der Waals surface area contributed by atoms with Gasteiger partial charge in [0.15, 0.2) is 0 Å². The summed E-state index contributed by atoms with van der Waals surface area (Å²) in [7, 11) is 0. The van der Waals surface area contributed by atoms with Crippen LogP contribution < -0.4 is 5.32 Å². The number of benzene rings is 1. The maximum atomic E-state index is 11.9. The summed E-state index contributed by atoms with van der Waals surface area (Å²) in [6.07, 6.45) is 0. The first-order chi connectivity index (χ1) is 8.72. The van der Waals surface area contributed by atoms with E-state index in [0.717, 1.165) is 10.3 Å². The van der Waals surface area contributed by atoms with E-state index in [9.17, 15) is 4.79 Å². The van der Waals surface area contributed by atoms with Gasteiger partial charge in [-0.25, -0.2) is 4.98 Å². The first-order valence-electron chi connectivity index (χ1n) is 5.25. The summed E-state index contributed by atoms with van der Waals surface area (Å²) < 4.78 is 0. The van der Waals surface area contributed by atoms with Crippen LogP contribution >= 0.6 is 11.3 Å². The molecule has 2 aromatic heterocycles. The Kier molecular flexibility index (Phi) is 2.49. The summed E-state index contributed by atoms with van der Waals surface area (Å²) in [6.45, 7) is 0. The predicted octanol–water partition coefficient (Wildman–Crippen LogP) is 2.58. The van der Waals surface area contributed by atoms with Crippen LogP contribution in [0.5, 0.6) is 5.75 Å². The first kappa shape index (κ1) is 10.8. The number of anilines is 1. The van der Waals surface area contributed by atoms with Gasteiger partial charge in [-0.1, -0.05) is 0 Å². The highest BCUT2D eigenvalue weighted by Gasteiger charge is 2.11. The highest BCUT2D eigenvalue weighted by Crippen LogP contribution is 2.19. The normalized spacial score (nSPS) is 10.7. The molecule has 0 aliphatic heterocycles. The maximum absolute atomic E-state index is 11.9. The third-order valence-electron chi connectivity index (χ3n) is 2.49. The highest BCUT2D eigenvalue weighted by molar-refractivity contribution is 7.16. The van der Waals surface area contributed by atoms with Crippen LogP contribution in [0.1, 0.15) is 10.5 Å². The molecular weight excluding hydrogens is 250 g/mol. The Morgan fingerprint density at radius 3 is 2.83 bits per heavy atom. The van der Waals surface area contributed by atoms with Crippen molar-refractivity contribution in [3.63, 3.8) is 0 Å². The molecule has 0 saturated carbocycles. The van der Waals surface area contributed by atoms with E-state index in [4.69, 9.17) is 5.11 Å². The molecule has 3 aromatic rings. The molecule has 0 bridgehead atoms. The molecule has 0 radical (unpaired) electrons. The van der Waals surface area contributed by atoms with Crippen molar-refractivity contribution in [1.29, 1.82) is 0 Å². The number of rotatable bonds is 2. The summed E-state index contributed by atoms with van der Waals surface area (Å²) in [6, 6.07) is 8.02. The van der Waals surface area contributed by atoms with Crippen LogP contribution in [0.3, 0.4) is 0 Å². The van der Waals surface area contributed by atoms with Crippen LogP contribution in [0.4, 0.5) is 5.69 Å². The highest BCUT2D eigenvalue weighted by atomic mass is 32.1. The lowest BCUT2D eigenvalue weighted by Gasteiger charge is -2.03. The quantitative estimate of drug-likeness (QED) is 0.619. The first-order valence-corrected chi connectivity index (χ1v) is 6.13. The van der Waals surface area contributed by atoms with E-state index in [0.29, 0.717) is 11.4 Å². The van der Waals surface area contributed by atoms with Crippen molar-refractivity contribution in [1.82, 2.24) is 9.97 Å². The average molecular weight is 259 g/mol. The van der Waals surface area contributed by atoms with E-state index in [-0.39, 0.29) is 11.7 Å². The molecule has 0 unspecified atom stereocenters. The van der Waals surface area contributed by atoms with E-state index in [1.54, 1.807) is 23.7 Å². The predicted molar refractivity (Wildman–Crippen MR) is 70.0 cm³/mol. The van der Waals surface area contributed by atoms with Gasteiger partial charge in [-0.2, -0.15) is 0 Å². The van der Waals surface area contributed by atoms with Crippen LogP contribution in [-0.2, 0) is 0 Å². The zero-order valence-corrected chi connectivity index (χ0v) is 9.99. The van der Waals surface area contributed by atoms with Crippen LogP contribution in [0.15, 0.2) is 35.8 Å². The van der Waals surface area contributed by atoms with Gasteiger partial charge in [-0.15, -0.1) is 11.3 Å². The Morgan fingerprint density at radius 1 is 1.33 bits per heavy atom. The van der Waals surface area contributed by atoms with E-state index >= 15 is 0 Å². The number of carbonyl (C=O) groups excluding carboxylic acids is 1. The fourth-order valence-corrected chi connectivity index (χ4v) is 2.28. The largest absolute Gasteiger partial charge is 0.508 e. The molecule has 1 aromatic carbocycles. The number of nitrogens with one attached hydrogen (secondary N) is 2. The number of aromatic amines is 1. The number of hydrogen-bond acceptors (Lipinski definition) is 4. The van der Waals surface area contributed by atoms with Crippen molar-refractivity contribution in [2.75, 3.05) is 5.32 Å². The van der Waals surface area contributed by atoms with Gasteiger partial charge in [0.2, 0.25) is 0 Å². The molecule has 3 N–H and O–H groups in total. The van der Waals surface area contributed by atoms with Gasteiger partial charge >= 0.3 is 0 Å². The van der Waals surface area contributed by atoms with Gasteiger partial charge in [-0.05, 0) is 30.3 Å². The second kappa shape index (κ2) is 4.15. The molecule has 0 fully saturated rings. The molecule has 0 atom stereocenters.